The van der Waals surface area contributed by atoms with E-state index in [9.17, 15) is 0 Å². The number of nitrogens with one attached hydrogen (secondary N) is 1. The van der Waals surface area contributed by atoms with Crippen LogP contribution in [-0.2, 0) is 0 Å². The Morgan fingerprint density at radius 2 is 2.05 bits per heavy atom. The average Bonchev–Trinajstić information content (AvgIpc) is 3.69. The fourth-order valence-electron chi connectivity index (χ4n) is 6.91. The second-order valence-corrected chi connectivity index (χ2v) is 11.9. The third kappa shape index (κ3) is 3.99. The molecule has 2 bridgehead atoms. The molecule has 3 N–H and O–H groups in total. The SMILES string of the molecule is Cc1csc2c(-n3nc(Nc4ccc(N5CCN(C6CC7CCC6C7)[C@H](C)C5)c(F)c4)nc3N)ncnc12. The van der Waals surface area contributed by atoms with E-state index >= 15 is 4.39 Å². The fourth-order valence-corrected chi connectivity index (χ4v) is 7.89. The molecule has 3 aliphatic rings. The molecule has 3 fully saturated rings. The van der Waals surface area contributed by atoms with Gasteiger partial charge in [-0.15, -0.1) is 16.4 Å². The van der Waals surface area contributed by atoms with Gasteiger partial charge in [0.25, 0.3) is 0 Å². The lowest BCUT2D eigenvalue weighted by atomic mass is 9.92. The van der Waals surface area contributed by atoms with Gasteiger partial charge in [0.15, 0.2) is 5.82 Å². The highest BCUT2D eigenvalue weighted by Gasteiger charge is 2.44. The van der Waals surface area contributed by atoms with Crippen molar-refractivity contribution in [3.05, 3.63) is 41.3 Å². The Morgan fingerprint density at radius 1 is 1.16 bits per heavy atom. The number of thiophene rings is 1. The van der Waals surface area contributed by atoms with Crippen LogP contribution in [0.1, 0.15) is 38.2 Å². The number of benzene rings is 1. The number of piperazine rings is 1. The lowest BCUT2D eigenvalue weighted by Gasteiger charge is -2.46. The highest BCUT2D eigenvalue weighted by Crippen LogP contribution is 2.47. The predicted octanol–water partition coefficient (Wildman–Crippen LogP) is 4.74. The molecule has 9 nitrogen and oxygen atoms in total. The van der Waals surface area contributed by atoms with E-state index in [-0.39, 0.29) is 17.7 Å². The van der Waals surface area contributed by atoms with Crippen LogP contribution in [0.15, 0.2) is 29.9 Å². The van der Waals surface area contributed by atoms with Crippen molar-refractivity contribution in [2.45, 2.75) is 51.6 Å². The molecule has 4 aromatic rings. The molecule has 2 saturated carbocycles. The summed E-state index contributed by atoms with van der Waals surface area (Å²) in [6.07, 6.45) is 7.07. The van der Waals surface area contributed by atoms with Crippen molar-refractivity contribution in [2.24, 2.45) is 11.8 Å². The number of anilines is 4. The lowest BCUT2D eigenvalue weighted by Crippen LogP contribution is -2.56. The van der Waals surface area contributed by atoms with Crippen LogP contribution in [0, 0.1) is 24.6 Å². The Kier molecular flexibility index (Phi) is 5.73. The molecular weight excluding hydrogens is 501 g/mol. The quantitative estimate of drug-likeness (QED) is 0.379. The summed E-state index contributed by atoms with van der Waals surface area (Å²) in [6.45, 7) is 6.98. The number of aromatic nitrogens is 5. The molecule has 0 radical (unpaired) electrons. The van der Waals surface area contributed by atoms with Crippen LogP contribution in [0.3, 0.4) is 0 Å². The molecule has 2 aliphatic carbocycles. The van der Waals surface area contributed by atoms with Gasteiger partial charge in [0.1, 0.15) is 12.1 Å². The number of hydrogen-bond donors (Lipinski definition) is 2. The summed E-state index contributed by atoms with van der Waals surface area (Å²) in [5.41, 5.74) is 9.32. The molecule has 0 spiro atoms. The zero-order chi connectivity index (χ0) is 26.0. The van der Waals surface area contributed by atoms with Gasteiger partial charge in [0.2, 0.25) is 11.9 Å². The van der Waals surface area contributed by atoms with Crippen LogP contribution in [0.2, 0.25) is 0 Å². The molecule has 7 rings (SSSR count). The number of nitrogens with zero attached hydrogens (tertiary/aromatic N) is 7. The first-order valence-corrected chi connectivity index (χ1v) is 14.3. The highest BCUT2D eigenvalue weighted by atomic mass is 32.1. The maximum Gasteiger partial charge on any atom is 0.248 e. The van der Waals surface area contributed by atoms with E-state index in [0.717, 1.165) is 53.3 Å². The fraction of sp³-hybridized carbons (Fsp3) is 0.481. The maximum absolute atomic E-state index is 15.3. The smallest absolute Gasteiger partial charge is 0.248 e. The maximum atomic E-state index is 15.3. The summed E-state index contributed by atoms with van der Waals surface area (Å²) in [6, 6.07) is 6.37. The number of nitrogens with two attached hydrogens (primary N) is 1. The van der Waals surface area contributed by atoms with Gasteiger partial charge in [-0.1, -0.05) is 6.42 Å². The van der Waals surface area contributed by atoms with Crippen molar-refractivity contribution in [2.75, 3.05) is 35.6 Å². The van der Waals surface area contributed by atoms with Gasteiger partial charge in [0.05, 0.1) is 15.9 Å². The largest absolute Gasteiger partial charge is 0.368 e. The van der Waals surface area contributed by atoms with Gasteiger partial charge in [-0.3, -0.25) is 4.90 Å². The average molecular weight is 534 g/mol. The van der Waals surface area contributed by atoms with Crippen molar-refractivity contribution in [3.63, 3.8) is 0 Å². The van der Waals surface area contributed by atoms with Gasteiger partial charge in [-0.2, -0.15) is 9.67 Å². The van der Waals surface area contributed by atoms with E-state index in [1.165, 1.54) is 54.1 Å². The van der Waals surface area contributed by atoms with E-state index in [0.29, 0.717) is 23.2 Å². The third-order valence-corrected chi connectivity index (χ3v) is 9.78. The molecule has 198 valence electrons. The predicted molar refractivity (Wildman–Crippen MR) is 149 cm³/mol. The molecule has 1 aromatic carbocycles. The number of hydrogen-bond acceptors (Lipinski definition) is 9. The highest BCUT2D eigenvalue weighted by molar-refractivity contribution is 7.17. The molecule has 1 aliphatic heterocycles. The van der Waals surface area contributed by atoms with Crippen LogP contribution in [0.4, 0.5) is 27.7 Å². The standard InChI is InChI=1S/C27H32FN9S/c1-15-13-38-24-23(15)30-14-31-25(24)37-26(29)33-27(34-37)32-19-5-6-21(20(28)11-19)35-7-8-36(16(2)12-35)22-10-17-3-4-18(22)9-17/h5-6,11,13-14,16-18,22H,3-4,7-10,12H2,1-2H3,(H3,29,32,33,34)/t16-,17?,18?,22?/m1/s1. The number of fused-ring (bicyclic) bond motifs is 3. The van der Waals surface area contributed by atoms with Gasteiger partial charge >= 0.3 is 0 Å². The minimum absolute atomic E-state index is 0.193. The Morgan fingerprint density at radius 3 is 2.82 bits per heavy atom. The van der Waals surface area contributed by atoms with Gasteiger partial charge in [-0.05, 0) is 74.1 Å². The molecule has 38 heavy (non-hydrogen) atoms. The molecule has 4 heterocycles. The van der Waals surface area contributed by atoms with E-state index < -0.39 is 0 Å². The zero-order valence-corrected chi connectivity index (χ0v) is 22.5. The third-order valence-electron chi connectivity index (χ3n) is 8.70. The topological polar surface area (TPSA) is 101 Å². The summed E-state index contributed by atoms with van der Waals surface area (Å²) < 4.78 is 17.7. The van der Waals surface area contributed by atoms with Crippen LogP contribution in [0.5, 0.6) is 0 Å². The van der Waals surface area contributed by atoms with Gasteiger partial charge < -0.3 is 16.0 Å². The van der Waals surface area contributed by atoms with E-state index in [1.807, 2.05) is 24.4 Å². The van der Waals surface area contributed by atoms with E-state index in [4.69, 9.17) is 5.73 Å². The van der Waals surface area contributed by atoms with E-state index in [2.05, 4.69) is 42.1 Å². The van der Waals surface area contributed by atoms with Crippen molar-refractivity contribution < 1.29 is 4.39 Å². The number of aryl methyl sites for hydroxylation is 1. The molecule has 4 atom stereocenters. The number of nitrogen functional groups attached to an aromatic ring is 1. The summed E-state index contributed by atoms with van der Waals surface area (Å²) in [7, 11) is 0. The van der Waals surface area contributed by atoms with Gasteiger partial charge in [0, 0.05) is 37.4 Å². The summed E-state index contributed by atoms with van der Waals surface area (Å²) in [5, 5.41) is 9.62. The Hall–Kier alpha value is -3.31. The Bertz CT molecular complexity index is 1500. The van der Waals surface area contributed by atoms with Crippen molar-refractivity contribution >= 4 is 44.8 Å². The second-order valence-electron chi connectivity index (χ2n) is 11.1. The van der Waals surface area contributed by atoms with Crippen molar-refractivity contribution in [1.82, 2.24) is 29.6 Å². The van der Waals surface area contributed by atoms with Crippen LogP contribution in [-0.4, -0.2) is 61.4 Å². The molecular formula is C27H32FN9S. The second kappa shape index (κ2) is 9.16. The van der Waals surface area contributed by atoms with Crippen LogP contribution >= 0.6 is 11.3 Å². The number of halogens is 1. The molecule has 3 unspecified atom stereocenters. The molecule has 0 amide bonds. The molecule has 11 heteroatoms. The number of rotatable bonds is 5. The summed E-state index contributed by atoms with van der Waals surface area (Å²) >= 11 is 1.54. The first kappa shape index (κ1) is 23.8. The Labute approximate surface area is 224 Å². The molecule has 3 aromatic heterocycles. The van der Waals surface area contributed by atoms with E-state index in [1.54, 1.807) is 0 Å². The normalized spacial score (nSPS) is 25.5. The monoisotopic (exact) mass is 533 g/mol. The Balaban J connectivity index is 1.06. The van der Waals surface area contributed by atoms with Crippen LogP contribution in [0.25, 0.3) is 16.0 Å². The lowest BCUT2D eigenvalue weighted by molar-refractivity contribution is 0.0900. The van der Waals surface area contributed by atoms with Crippen molar-refractivity contribution in [1.29, 1.82) is 0 Å². The summed E-state index contributed by atoms with van der Waals surface area (Å²) in [5.74, 6) is 2.60. The van der Waals surface area contributed by atoms with Crippen LogP contribution < -0.4 is 16.0 Å². The first-order chi connectivity index (χ1) is 18.4. The minimum atomic E-state index is -0.255. The first-order valence-electron chi connectivity index (χ1n) is 13.4. The minimum Gasteiger partial charge on any atom is -0.368 e. The van der Waals surface area contributed by atoms with Crippen molar-refractivity contribution in [3.8, 4) is 5.82 Å². The molecule has 1 saturated heterocycles. The summed E-state index contributed by atoms with van der Waals surface area (Å²) in [4.78, 5) is 18.0. The zero-order valence-electron chi connectivity index (χ0n) is 21.6. The van der Waals surface area contributed by atoms with Gasteiger partial charge in [-0.25, -0.2) is 14.4 Å².